The van der Waals surface area contributed by atoms with Gasteiger partial charge in [-0.3, -0.25) is 9.59 Å². The summed E-state index contributed by atoms with van der Waals surface area (Å²) in [6.07, 6.45) is -3.60. The number of hydrogen-bond acceptors (Lipinski definition) is 4. The summed E-state index contributed by atoms with van der Waals surface area (Å²) in [5, 5.41) is 6.66. The summed E-state index contributed by atoms with van der Waals surface area (Å²) in [5.74, 6) is -1.78. The molecule has 1 aliphatic rings. The molecule has 1 N–H and O–H groups in total. The molecule has 0 saturated heterocycles. The first-order valence-corrected chi connectivity index (χ1v) is 7.76. The highest BCUT2D eigenvalue weighted by atomic mass is 19.4. The van der Waals surface area contributed by atoms with Crippen molar-refractivity contribution in [3.63, 3.8) is 0 Å². The molecule has 1 saturated carbocycles. The van der Waals surface area contributed by atoms with E-state index in [1.54, 1.807) is 0 Å². The molecule has 24 heavy (non-hydrogen) atoms. The van der Waals surface area contributed by atoms with Crippen molar-refractivity contribution in [3.05, 3.63) is 28.2 Å². The van der Waals surface area contributed by atoms with E-state index in [9.17, 15) is 22.8 Å². The molecule has 1 fully saturated rings. The van der Waals surface area contributed by atoms with E-state index >= 15 is 0 Å². The molecular weight excluding hydrogens is 327 g/mol. The Balaban J connectivity index is 1.95. The zero-order valence-electron chi connectivity index (χ0n) is 13.3. The lowest BCUT2D eigenvalue weighted by Crippen LogP contribution is -2.41. The minimum atomic E-state index is -4.17. The second-order valence-corrected chi connectivity index (χ2v) is 5.84. The average Bonchev–Trinajstić information content (AvgIpc) is 2.53. The molecule has 9 heteroatoms. The zero-order valence-corrected chi connectivity index (χ0v) is 13.3. The summed E-state index contributed by atoms with van der Waals surface area (Å²) < 4.78 is 43.9. The largest absolute Gasteiger partial charge is 0.391 e. The van der Waals surface area contributed by atoms with Gasteiger partial charge in [-0.05, 0) is 31.7 Å². The molecule has 1 amide bonds. The first kappa shape index (κ1) is 18.4. The van der Waals surface area contributed by atoms with Gasteiger partial charge in [0.1, 0.15) is 5.69 Å². The van der Waals surface area contributed by atoms with Gasteiger partial charge >= 0.3 is 6.18 Å². The highest BCUT2D eigenvalue weighted by Crippen LogP contribution is 2.37. The van der Waals surface area contributed by atoms with Crippen molar-refractivity contribution in [2.75, 3.05) is 13.7 Å². The van der Waals surface area contributed by atoms with Crippen molar-refractivity contribution in [3.8, 4) is 0 Å². The van der Waals surface area contributed by atoms with Crippen LogP contribution in [-0.2, 0) is 11.3 Å². The van der Waals surface area contributed by atoms with E-state index in [0.29, 0.717) is 0 Å². The minimum absolute atomic E-state index is 0.00914. The van der Waals surface area contributed by atoms with Crippen molar-refractivity contribution in [1.82, 2.24) is 15.1 Å². The lowest BCUT2D eigenvalue weighted by Gasteiger charge is -2.30. The number of carbonyl (C=O) groups excluding carboxylic acids is 1. The van der Waals surface area contributed by atoms with Crippen molar-refractivity contribution in [2.24, 2.45) is 5.92 Å². The van der Waals surface area contributed by atoms with Crippen LogP contribution in [-0.4, -0.2) is 41.6 Å². The average molecular weight is 347 g/mol. The second-order valence-electron chi connectivity index (χ2n) is 5.84. The Morgan fingerprint density at radius 1 is 1.33 bits per heavy atom. The molecule has 0 aromatic carbocycles. The van der Waals surface area contributed by atoms with Gasteiger partial charge in [0.2, 0.25) is 0 Å². The Hall–Kier alpha value is -1.90. The quantitative estimate of drug-likeness (QED) is 0.881. The molecule has 0 spiro atoms. The van der Waals surface area contributed by atoms with E-state index in [4.69, 9.17) is 4.74 Å². The number of aromatic nitrogens is 2. The maximum absolute atomic E-state index is 12.6. The van der Waals surface area contributed by atoms with E-state index in [2.05, 4.69) is 10.4 Å². The molecule has 134 valence electrons. The molecule has 0 radical (unpaired) electrons. The summed E-state index contributed by atoms with van der Waals surface area (Å²) in [7, 11) is 1.49. The lowest BCUT2D eigenvalue weighted by molar-refractivity contribution is -0.182. The van der Waals surface area contributed by atoms with Crippen LogP contribution in [0.25, 0.3) is 0 Å². The maximum Gasteiger partial charge on any atom is 0.391 e. The van der Waals surface area contributed by atoms with Crippen molar-refractivity contribution < 1.29 is 22.7 Å². The second kappa shape index (κ2) is 7.78. The van der Waals surface area contributed by atoms with Crippen LogP contribution < -0.4 is 10.9 Å². The van der Waals surface area contributed by atoms with Crippen LogP contribution in [0.1, 0.15) is 36.2 Å². The van der Waals surface area contributed by atoms with Gasteiger partial charge < -0.3 is 10.1 Å². The predicted molar refractivity (Wildman–Crippen MR) is 79.6 cm³/mol. The van der Waals surface area contributed by atoms with Gasteiger partial charge in [-0.15, -0.1) is 0 Å². The molecule has 0 unspecified atom stereocenters. The van der Waals surface area contributed by atoms with Crippen molar-refractivity contribution >= 4 is 5.91 Å². The number of hydrogen-bond donors (Lipinski definition) is 1. The van der Waals surface area contributed by atoms with E-state index in [1.165, 1.54) is 19.2 Å². The van der Waals surface area contributed by atoms with Gasteiger partial charge in [-0.2, -0.15) is 18.3 Å². The molecule has 0 aliphatic heterocycles. The van der Waals surface area contributed by atoms with Gasteiger partial charge in [0.05, 0.1) is 19.1 Å². The van der Waals surface area contributed by atoms with Gasteiger partial charge in [-0.25, -0.2) is 4.68 Å². The summed E-state index contributed by atoms with van der Waals surface area (Å²) >= 11 is 0. The number of methoxy groups -OCH3 is 1. The van der Waals surface area contributed by atoms with Gasteiger partial charge in [0, 0.05) is 19.2 Å². The number of ether oxygens (including phenoxy) is 1. The summed E-state index contributed by atoms with van der Waals surface area (Å²) in [6, 6.07) is 2.23. The zero-order chi connectivity index (χ0) is 17.7. The number of carbonyl (C=O) groups is 1. The van der Waals surface area contributed by atoms with E-state index < -0.39 is 18.0 Å². The summed E-state index contributed by atoms with van der Waals surface area (Å²) in [4.78, 5) is 23.8. The van der Waals surface area contributed by atoms with Crippen LogP contribution in [0.4, 0.5) is 13.2 Å². The third kappa shape index (κ3) is 4.80. The van der Waals surface area contributed by atoms with Crippen molar-refractivity contribution in [2.45, 2.75) is 44.4 Å². The Kier molecular flexibility index (Phi) is 5.98. The van der Waals surface area contributed by atoms with Gasteiger partial charge in [-0.1, -0.05) is 0 Å². The number of alkyl halides is 3. The van der Waals surface area contributed by atoms with Crippen LogP contribution >= 0.6 is 0 Å². The molecule has 0 atom stereocenters. The Labute approximate surface area is 137 Å². The molecule has 1 heterocycles. The Morgan fingerprint density at radius 3 is 2.58 bits per heavy atom. The molecule has 1 aliphatic carbocycles. The third-order valence-corrected chi connectivity index (χ3v) is 4.13. The number of amides is 1. The number of nitrogens with zero attached hydrogens (tertiary/aromatic N) is 2. The fraction of sp³-hybridized carbons (Fsp3) is 0.667. The first-order valence-electron chi connectivity index (χ1n) is 7.76. The van der Waals surface area contributed by atoms with Gasteiger partial charge in [0.15, 0.2) is 0 Å². The monoisotopic (exact) mass is 347 g/mol. The van der Waals surface area contributed by atoms with E-state index in [0.717, 1.165) is 4.68 Å². The van der Waals surface area contributed by atoms with Crippen molar-refractivity contribution in [1.29, 1.82) is 0 Å². The molecule has 2 rings (SSSR count). The van der Waals surface area contributed by atoms with E-state index in [1.807, 2.05) is 0 Å². The first-order chi connectivity index (χ1) is 11.3. The lowest BCUT2D eigenvalue weighted by atomic mass is 9.85. The minimum Gasteiger partial charge on any atom is -0.383 e. The van der Waals surface area contributed by atoms with Gasteiger partial charge in [0.25, 0.3) is 11.5 Å². The molecular formula is C15H20F3N3O3. The van der Waals surface area contributed by atoms with Crippen LogP contribution in [0.2, 0.25) is 0 Å². The number of rotatable bonds is 5. The standard InChI is InChI=1S/C15H20F3N3O3/c1-24-9-8-21-13(22)7-6-12(20-21)14(23)19-11-4-2-10(3-5-11)15(16,17)18/h6-7,10-11H,2-5,8-9H2,1H3,(H,19,23). The van der Waals surface area contributed by atoms with Crippen LogP contribution in [0.15, 0.2) is 16.9 Å². The highest BCUT2D eigenvalue weighted by molar-refractivity contribution is 5.92. The number of nitrogens with one attached hydrogen (secondary N) is 1. The normalized spacial score (nSPS) is 21.5. The Bertz CT molecular complexity index is 622. The topological polar surface area (TPSA) is 73.2 Å². The number of halogens is 3. The SMILES string of the molecule is COCCn1nc(C(=O)NC2CCC(C(F)(F)F)CC2)ccc1=O. The smallest absolute Gasteiger partial charge is 0.383 e. The highest BCUT2D eigenvalue weighted by Gasteiger charge is 2.41. The van der Waals surface area contributed by atoms with Crippen LogP contribution in [0, 0.1) is 5.92 Å². The summed E-state index contributed by atoms with van der Waals surface area (Å²) in [6.45, 7) is 0.493. The molecule has 6 nitrogen and oxygen atoms in total. The molecule has 1 aromatic rings. The fourth-order valence-electron chi connectivity index (χ4n) is 2.73. The Morgan fingerprint density at radius 2 is 2.00 bits per heavy atom. The van der Waals surface area contributed by atoms with E-state index in [-0.39, 0.29) is 56.1 Å². The molecule has 0 bridgehead atoms. The predicted octanol–water partition coefficient (Wildman–Crippen LogP) is 1.74. The molecule has 1 aromatic heterocycles. The van der Waals surface area contributed by atoms with Crippen LogP contribution in [0.5, 0.6) is 0 Å². The van der Waals surface area contributed by atoms with Crippen LogP contribution in [0.3, 0.4) is 0 Å². The third-order valence-electron chi connectivity index (χ3n) is 4.13. The fourth-order valence-corrected chi connectivity index (χ4v) is 2.73. The maximum atomic E-state index is 12.6. The summed E-state index contributed by atoms with van der Waals surface area (Å²) in [5.41, 5.74) is -0.294.